The van der Waals surface area contributed by atoms with Gasteiger partial charge in [-0.1, -0.05) is 32.0 Å². The molecule has 1 aliphatic rings. The van der Waals surface area contributed by atoms with Crippen molar-refractivity contribution in [1.82, 2.24) is 5.32 Å². The summed E-state index contributed by atoms with van der Waals surface area (Å²) in [7, 11) is 0. The second-order valence-electron chi connectivity index (χ2n) is 6.25. The molecule has 1 fully saturated rings. The number of hydrogen-bond donors (Lipinski definition) is 1. The van der Waals surface area contributed by atoms with Crippen molar-refractivity contribution < 1.29 is 0 Å². The Morgan fingerprint density at radius 1 is 1.11 bits per heavy atom. The smallest absolute Gasteiger partial charge is 0.0346 e. The van der Waals surface area contributed by atoms with Crippen molar-refractivity contribution in [2.75, 3.05) is 0 Å². The van der Waals surface area contributed by atoms with Crippen LogP contribution >= 0.6 is 11.3 Å². The predicted octanol–water partition coefficient (Wildman–Crippen LogP) is 4.82. The molecule has 1 heterocycles. The van der Waals surface area contributed by atoms with Crippen molar-refractivity contribution in [1.29, 1.82) is 0 Å². The second kappa shape index (κ2) is 5.64. The molecule has 2 atom stereocenters. The largest absolute Gasteiger partial charge is 0.310 e. The highest BCUT2D eigenvalue weighted by atomic mass is 32.1. The van der Waals surface area contributed by atoms with Crippen molar-refractivity contribution in [2.45, 2.75) is 45.7 Å². The molecule has 102 valence electrons. The zero-order chi connectivity index (χ0) is 13.2. The molecule has 19 heavy (non-hydrogen) atoms. The molecule has 2 heteroatoms. The van der Waals surface area contributed by atoms with Crippen molar-refractivity contribution in [3.8, 4) is 0 Å². The summed E-state index contributed by atoms with van der Waals surface area (Å²) in [6.07, 6.45) is 4.08. The molecular weight excluding hydrogens is 250 g/mol. The lowest BCUT2D eigenvalue weighted by Crippen LogP contribution is -2.35. The Kier molecular flexibility index (Phi) is 3.90. The number of rotatable bonds is 3. The van der Waals surface area contributed by atoms with Gasteiger partial charge in [0.05, 0.1) is 0 Å². The van der Waals surface area contributed by atoms with Gasteiger partial charge in [0, 0.05) is 17.3 Å². The molecule has 0 bridgehead atoms. The van der Waals surface area contributed by atoms with E-state index in [1.165, 1.54) is 34.9 Å². The zero-order valence-corrected chi connectivity index (χ0v) is 12.7. The number of hydrogen-bond acceptors (Lipinski definition) is 2. The Morgan fingerprint density at radius 3 is 2.63 bits per heavy atom. The summed E-state index contributed by atoms with van der Waals surface area (Å²) in [6.45, 7) is 5.81. The van der Waals surface area contributed by atoms with Crippen LogP contribution in [-0.4, -0.2) is 6.04 Å². The average molecular weight is 273 g/mol. The minimum absolute atomic E-state index is 0.706. The van der Waals surface area contributed by atoms with Crippen LogP contribution in [0.3, 0.4) is 0 Å². The summed E-state index contributed by atoms with van der Waals surface area (Å²) in [5.74, 6) is 1.75. The summed E-state index contributed by atoms with van der Waals surface area (Å²) in [4.78, 5) is 0. The van der Waals surface area contributed by atoms with Crippen LogP contribution in [0.1, 0.15) is 38.7 Å². The van der Waals surface area contributed by atoms with Crippen LogP contribution in [0.5, 0.6) is 0 Å². The van der Waals surface area contributed by atoms with Gasteiger partial charge in [0.1, 0.15) is 0 Å². The summed E-state index contributed by atoms with van der Waals surface area (Å²) in [5, 5.41) is 7.52. The van der Waals surface area contributed by atoms with Crippen molar-refractivity contribution >= 4 is 21.4 Å². The first-order chi connectivity index (χ1) is 9.22. The highest BCUT2D eigenvalue weighted by molar-refractivity contribution is 7.17. The van der Waals surface area contributed by atoms with E-state index in [0.29, 0.717) is 6.04 Å². The van der Waals surface area contributed by atoms with Gasteiger partial charge >= 0.3 is 0 Å². The van der Waals surface area contributed by atoms with Gasteiger partial charge in [0.25, 0.3) is 0 Å². The van der Waals surface area contributed by atoms with Crippen LogP contribution < -0.4 is 5.32 Å². The van der Waals surface area contributed by atoms with E-state index in [-0.39, 0.29) is 0 Å². The summed E-state index contributed by atoms with van der Waals surface area (Å²) in [6, 6.07) is 9.44. The molecule has 0 amide bonds. The molecule has 1 aliphatic carbocycles. The van der Waals surface area contributed by atoms with Crippen molar-refractivity contribution in [3.63, 3.8) is 0 Å². The van der Waals surface area contributed by atoms with Gasteiger partial charge in [0.2, 0.25) is 0 Å². The lowest BCUT2D eigenvalue weighted by Gasteiger charge is -2.32. The Labute approximate surface area is 120 Å². The highest BCUT2D eigenvalue weighted by Gasteiger charge is 2.23. The Balaban J connectivity index is 1.66. The highest BCUT2D eigenvalue weighted by Crippen LogP contribution is 2.30. The normalized spacial score (nSPS) is 27.8. The van der Waals surface area contributed by atoms with Crippen molar-refractivity contribution in [3.05, 3.63) is 35.2 Å². The predicted molar refractivity (Wildman–Crippen MR) is 84.6 cm³/mol. The van der Waals surface area contributed by atoms with Crippen LogP contribution in [0.25, 0.3) is 10.1 Å². The molecule has 0 spiro atoms. The molecule has 0 aliphatic heterocycles. The number of benzene rings is 1. The van der Waals surface area contributed by atoms with E-state index in [0.717, 1.165) is 18.4 Å². The third-order valence-electron chi connectivity index (χ3n) is 4.32. The number of fused-ring (bicyclic) bond motifs is 1. The van der Waals surface area contributed by atoms with E-state index in [1.807, 2.05) is 11.3 Å². The van der Waals surface area contributed by atoms with Crippen LogP contribution in [0.2, 0.25) is 0 Å². The standard InChI is InChI=1S/C17H23NS/c1-12-7-13(2)9-15(8-12)18-10-14-11-19-17-6-4-3-5-16(14)17/h3-6,11-13,15,18H,7-10H2,1-2H3. The first-order valence-electron chi connectivity index (χ1n) is 7.41. The van der Waals surface area contributed by atoms with E-state index in [1.54, 1.807) is 0 Å². The Morgan fingerprint density at radius 2 is 1.84 bits per heavy atom. The lowest BCUT2D eigenvalue weighted by atomic mass is 9.80. The van der Waals surface area contributed by atoms with E-state index in [4.69, 9.17) is 0 Å². The maximum atomic E-state index is 3.78. The quantitative estimate of drug-likeness (QED) is 0.845. The van der Waals surface area contributed by atoms with Gasteiger partial charge in [0.15, 0.2) is 0 Å². The van der Waals surface area contributed by atoms with Crippen LogP contribution in [0.4, 0.5) is 0 Å². The molecule has 3 rings (SSSR count). The molecule has 1 aromatic carbocycles. The Bertz CT molecular complexity index is 535. The number of nitrogens with one attached hydrogen (secondary N) is 1. The fourth-order valence-electron chi connectivity index (χ4n) is 3.54. The molecule has 2 unspecified atom stereocenters. The van der Waals surface area contributed by atoms with Gasteiger partial charge in [-0.2, -0.15) is 0 Å². The number of thiophene rings is 1. The summed E-state index contributed by atoms with van der Waals surface area (Å²) >= 11 is 1.86. The SMILES string of the molecule is CC1CC(C)CC(NCc2csc3ccccc23)C1. The lowest BCUT2D eigenvalue weighted by molar-refractivity contribution is 0.238. The molecular formula is C17H23NS. The first-order valence-corrected chi connectivity index (χ1v) is 8.29. The third kappa shape index (κ3) is 3.01. The van der Waals surface area contributed by atoms with E-state index < -0.39 is 0 Å². The van der Waals surface area contributed by atoms with Gasteiger partial charge in [-0.3, -0.25) is 0 Å². The van der Waals surface area contributed by atoms with Crippen molar-refractivity contribution in [2.24, 2.45) is 11.8 Å². The fraction of sp³-hybridized carbons (Fsp3) is 0.529. The maximum absolute atomic E-state index is 3.78. The molecule has 1 nitrogen and oxygen atoms in total. The third-order valence-corrected chi connectivity index (χ3v) is 5.33. The first kappa shape index (κ1) is 13.1. The van der Waals surface area contributed by atoms with E-state index in [2.05, 4.69) is 48.8 Å². The fourth-order valence-corrected chi connectivity index (χ4v) is 4.50. The molecule has 1 saturated carbocycles. The van der Waals surface area contributed by atoms with E-state index in [9.17, 15) is 0 Å². The topological polar surface area (TPSA) is 12.0 Å². The molecule has 0 saturated heterocycles. The summed E-state index contributed by atoms with van der Waals surface area (Å²) in [5.41, 5.74) is 1.46. The molecule has 1 N–H and O–H groups in total. The van der Waals surface area contributed by atoms with Crippen LogP contribution in [0.15, 0.2) is 29.6 Å². The minimum atomic E-state index is 0.706. The summed E-state index contributed by atoms with van der Waals surface area (Å²) < 4.78 is 1.41. The maximum Gasteiger partial charge on any atom is 0.0346 e. The van der Waals surface area contributed by atoms with Gasteiger partial charge < -0.3 is 5.32 Å². The molecule has 0 radical (unpaired) electrons. The second-order valence-corrected chi connectivity index (χ2v) is 7.16. The van der Waals surface area contributed by atoms with Gasteiger partial charge in [-0.25, -0.2) is 0 Å². The molecule has 2 aromatic rings. The minimum Gasteiger partial charge on any atom is -0.310 e. The average Bonchev–Trinajstić information content (AvgIpc) is 2.78. The van der Waals surface area contributed by atoms with Crippen LogP contribution in [-0.2, 0) is 6.54 Å². The van der Waals surface area contributed by atoms with Crippen LogP contribution in [0, 0.1) is 11.8 Å². The van der Waals surface area contributed by atoms with E-state index >= 15 is 0 Å². The van der Waals surface area contributed by atoms with Gasteiger partial charge in [-0.15, -0.1) is 11.3 Å². The zero-order valence-electron chi connectivity index (χ0n) is 11.9. The molecule has 1 aromatic heterocycles. The Hall–Kier alpha value is -0.860. The monoisotopic (exact) mass is 273 g/mol. The van der Waals surface area contributed by atoms with Gasteiger partial charge in [-0.05, 0) is 53.5 Å².